The molecule has 0 unspecified atom stereocenters. The molecule has 23 heavy (non-hydrogen) atoms. The summed E-state index contributed by atoms with van der Waals surface area (Å²) in [4.78, 5) is 35.7. The number of nitrogens with two attached hydrogens (primary N) is 1. The van der Waals surface area contributed by atoms with Gasteiger partial charge in [0.2, 0.25) is 5.91 Å². The Balaban J connectivity index is 2.78. The number of hydrogen-bond donors (Lipinski definition) is 3. The average molecular weight is 406 g/mol. The molecule has 0 saturated heterocycles. The first-order valence-corrected chi connectivity index (χ1v) is 8.54. The van der Waals surface area contributed by atoms with Crippen LogP contribution in [-0.2, 0) is 9.53 Å². The first-order chi connectivity index (χ1) is 10.5. The number of nitrogens with one attached hydrogen (secondary N) is 2. The Hall–Kier alpha value is -1.61. The lowest BCUT2D eigenvalue weighted by atomic mass is 10.2. The highest BCUT2D eigenvalue weighted by molar-refractivity contribution is 9.11. The van der Waals surface area contributed by atoms with E-state index in [1.807, 2.05) is 0 Å². The molecule has 0 aliphatic heterocycles. The summed E-state index contributed by atoms with van der Waals surface area (Å²) in [7, 11) is 0. The molecule has 4 N–H and O–H groups in total. The lowest BCUT2D eigenvalue weighted by Crippen LogP contribution is -2.45. The van der Waals surface area contributed by atoms with Crippen LogP contribution < -0.4 is 16.4 Å². The minimum Gasteiger partial charge on any atom is -0.444 e. The van der Waals surface area contributed by atoms with Crippen LogP contribution in [0, 0.1) is 0 Å². The summed E-state index contributed by atoms with van der Waals surface area (Å²) in [6, 6.07) is 0.798. The molecule has 1 rings (SSSR count). The molecule has 0 fully saturated rings. The second-order valence-electron chi connectivity index (χ2n) is 5.75. The SMILES string of the molecule is CC[C@H](NC(=O)OC(C)(C)C)C(=O)Nc1cc(Br)sc1C(N)=O. The zero-order chi connectivity index (χ0) is 17.8. The number of thiophene rings is 1. The Morgan fingerprint density at radius 3 is 2.48 bits per heavy atom. The van der Waals surface area contributed by atoms with Gasteiger partial charge in [-0.25, -0.2) is 4.79 Å². The highest BCUT2D eigenvalue weighted by Crippen LogP contribution is 2.31. The van der Waals surface area contributed by atoms with E-state index in [2.05, 4.69) is 26.6 Å². The largest absolute Gasteiger partial charge is 0.444 e. The quantitative estimate of drug-likeness (QED) is 0.698. The molecule has 0 aliphatic carbocycles. The minimum absolute atomic E-state index is 0.234. The van der Waals surface area contributed by atoms with Crippen LogP contribution in [0.2, 0.25) is 0 Å². The van der Waals surface area contributed by atoms with E-state index in [4.69, 9.17) is 10.5 Å². The third kappa shape index (κ3) is 6.19. The summed E-state index contributed by atoms with van der Waals surface area (Å²) in [6.07, 6.45) is -0.316. The number of carbonyl (C=O) groups is 3. The van der Waals surface area contributed by atoms with E-state index < -0.39 is 29.6 Å². The molecule has 0 spiro atoms. The summed E-state index contributed by atoms with van der Waals surface area (Å²) in [5.74, 6) is -1.09. The van der Waals surface area contributed by atoms with Crippen LogP contribution in [0.15, 0.2) is 9.85 Å². The Morgan fingerprint density at radius 1 is 1.39 bits per heavy atom. The van der Waals surface area contributed by atoms with Crippen LogP contribution >= 0.6 is 27.3 Å². The molecule has 0 aromatic carbocycles. The fourth-order valence-corrected chi connectivity index (χ4v) is 3.07. The topological polar surface area (TPSA) is 111 Å². The molecule has 1 aromatic heterocycles. The number of halogens is 1. The van der Waals surface area contributed by atoms with Gasteiger partial charge in [-0.15, -0.1) is 11.3 Å². The molecule has 128 valence electrons. The second kappa shape index (κ2) is 7.78. The van der Waals surface area contributed by atoms with Crippen molar-refractivity contribution in [1.82, 2.24) is 5.32 Å². The number of anilines is 1. The number of amides is 3. The van der Waals surface area contributed by atoms with Gasteiger partial charge >= 0.3 is 6.09 Å². The lowest BCUT2D eigenvalue weighted by molar-refractivity contribution is -0.118. The van der Waals surface area contributed by atoms with Crippen LogP contribution in [0.4, 0.5) is 10.5 Å². The minimum atomic E-state index is -0.788. The molecule has 1 aromatic rings. The van der Waals surface area contributed by atoms with Crippen molar-refractivity contribution < 1.29 is 19.1 Å². The normalized spacial score (nSPS) is 12.4. The number of rotatable bonds is 5. The van der Waals surface area contributed by atoms with Gasteiger partial charge < -0.3 is 21.1 Å². The van der Waals surface area contributed by atoms with Gasteiger partial charge in [-0.05, 0) is 49.2 Å². The predicted octanol–water partition coefficient (Wildman–Crippen LogP) is 2.85. The number of ether oxygens (including phenoxy) is 1. The third-order valence-corrected chi connectivity index (χ3v) is 4.25. The van der Waals surface area contributed by atoms with Gasteiger partial charge in [0.15, 0.2) is 0 Å². The average Bonchev–Trinajstić information content (AvgIpc) is 2.74. The summed E-state index contributed by atoms with van der Waals surface area (Å²) in [5.41, 5.74) is 4.92. The van der Waals surface area contributed by atoms with Gasteiger partial charge in [0.05, 0.1) is 9.47 Å². The molecule has 1 atom stereocenters. The van der Waals surface area contributed by atoms with Gasteiger partial charge in [0, 0.05) is 0 Å². The highest BCUT2D eigenvalue weighted by Gasteiger charge is 2.24. The van der Waals surface area contributed by atoms with Crippen molar-refractivity contribution in [3.8, 4) is 0 Å². The highest BCUT2D eigenvalue weighted by atomic mass is 79.9. The van der Waals surface area contributed by atoms with Crippen molar-refractivity contribution in [2.75, 3.05) is 5.32 Å². The molecular formula is C14H20BrN3O4S. The fraction of sp³-hybridized carbons (Fsp3) is 0.500. The Kier molecular flexibility index (Phi) is 6.57. The van der Waals surface area contributed by atoms with Crippen molar-refractivity contribution in [3.05, 3.63) is 14.7 Å². The van der Waals surface area contributed by atoms with Gasteiger partial charge in [-0.1, -0.05) is 6.92 Å². The Labute approximate surface area is 147 Å². The van der Waals surface area contributed by atoms with E-state index in [1.165, 1.54) is 0 Å². The van der Waals surface area contributed by atoms with Crippen molar-refractivity contribution in [2.24, 2.45) is 5.73 Å². The van der Waals surface area contributed by atoms with Crippen LogP contribution in [0.3, 0.4) is 0 Å². The third-order valence-electron chi connectivity index (χ3n) is 2.60. The van der Waals surface area contributed by atoms with E-state index >= 15 is 0 Å². The molecule has 1 heterocycles. The maximum absolute atomic E-state index is 12.3. The zero-order valence-corrected chi connectivity index (χ0v) is 15.8. The Bertz CT molecular complexity index is 610. The van der Waals surface area contributed by atoms with Crippen molar-refractivity contribution >= 4 is 50.9 Å². The number of carbonyl (C=O) groups excluding carboxylic acids is 3. The summed E-state index contributed by atoms with van der Waals surface area (Å²) >= 11 is 4.36. The van der Waals surface area contributed by atoms with Gasteiger partial charge in [-0.3, -0.25) is 9.59 Å². The standard InChI is InChI=1S/C14H20BrN3O4S/c1-5-7(18-13(21)22-14(2,3)4)12(20)17-8-6-9(15)23-10(8)11(16)19/h6-7H,5H2,1-4H3,(H2,16,19)(H,17,20)(H,18,21)/t7-/m0/s1. The maximum atomic E-state index is 12.3. The molecule has 7 nitrogen and oxygen atoms in total. The first kappa shape index (κ1) is 19.4. The van der Waals surface area contributed by atoms with E-state index in [1.54, 1.807) is 33.8 Å². The Morgan fingerprint density at radius 2 is 2.00 bits per heavy atom. The lowest BCUT2D eigenvalue weighted by Gasteiger charge is -2.22. The number of hydrogen-bond acceptors (Lipinski definition) is 5. The number of alkyl carbamates (subject to hydrolysis) is 1. The van der Waals surface area contributed by atoms with Crippen LogP contribution in [-0.4, -0.2) is 29.6 Å². The van der Waals surface area contributed by atoms with Gasteiger partial charge in [0.1, 0.15) is 16.5 Å². The molecular weight excluding hydrogens is 386 g/mol. The molecule has 0 saturated carbocycles. The summed E-state index contributed by atoms with van der Waals surface area (Å²) in [5, 5.41) is 5.10. The van der Waals surface area contributed by atoms with Crippen LogP contribution in [0.5, 0.6) is 0 Å². The van der Waals surface area contributed by atoms with E-state index in [0.717, 1.165) is 11.3 Å². The van der Waals surface area contributed by atoms with Crippen LogP contribution in [0.25, 0.3) is 0 Å². The summed E-state index contributed by atoms with van der Waals surface area (Å²) in [6.45, 7) is 6.95. The van der Waals surface area contributed by atoms with E-state index in [-0.39, 0.29) is 4.88 Å². The molecule has 0 bridgehead atoms. The van der Waals surface area contributed by atoms with E-state index in [0.29, 0.717) is 15.9 Å². The molecule has 0 radical (unpaired) electrons. The summed E-state index contributed by atoms with van der Waals surface area (Å²) < 4.78 is 5.79. The van der Waals surface area contributed by atoms with Crippen molar-refractivity contribution in [3.63, 3.8) is 0 Å². The monoisotopic (exact) mass is 405 g/mol. The van der Waals surface area contributed by atoms with Gasteiger partial charge in [-0.2, -0.15) is 0 Å². The molecule has 9 heteroatoms. The molecule has 0 aliphatic rings. The molecule has 3 amide bonds. The zero-order valence-electron chi connectivity index (χ0n) is 13.4. The van der Waals surface area contributed by atoms with Crippen molar-refractivity contribution in [1.29, 1.82) is 0 Å². The van der Waals surface area contributed by atoms with Crippen LogP contribution in [0.1, 0.15) is 43.8 Å². The predicted molar refractivity (Wildman–Crippen MR) is 92.6 cm³/mol. The van der Waals surface area contributed by atoms with E-state index in [9.17, 15) is 14.4 Å². The van der Waals surface area contributed by atoms with Crippen molar-refractivity contribution in [2.45, 2.75) is 45.8 Å². The van der Waals surface area contributed by atoms with Gasteiger partial charge in [0.25, 0.3) is 5.91 Å². The number of primary amides is 1. The second-order valence-corrected chi connectivity index (χ2v) is 8.19. The fourth-order valence-electron chi connectivity index (χ4n) is 1.66. The first-order valence-electron chi connectivity index (χ1n) is 6.93. The smallest absolute Gasteiger partial charge is 0.408 e. The maximum Gasteiger partial charge on any atom is 0.408 e.